The van der Waals surface area contributed by atoms with Crippen LogP contribution < -0.4 is 5.73 Å². The van der Waals surface area contributed by atoms with Gasteiger partial charge >= 0.3 is 0 Å². The highest BCUT2D eigenvalue weighted by Crippen LogP contribution is 2.13. The lowest BCUT2D eigenvalue weighted by atomic mass is 10.2. The monoisotopic (exact) mass is 280 g/mol. The Balaban J connectivity index is 2.15. The summed E-state index contributed by atoms with van der Waals surface area (Å²) in [6.07, 6.45) is 3.77. The first-order chi connectivity index (χ1) is 7.79. The highest BCUT2D eigenvalue weighted by Gasteiger charge is 2.01. The van der Waals surface area contributed by atoms with Gasteiger partial charge in [0.05, 0.1) is 17.6 Å². The molecule has 0 bridgehead atoms. The summed E-state index contributed by atoms with van der Waals surface area (Å²) in [5.41, 5.74) is 7.44. The lowest BCUT2D eigenvalue weighted by Crippen LogP contribution is -2.00. The minimum Gasteiger partial charge on any atom is -0.330 e. The molecule has 0 saturated carbocycles. The largest absolute Gasteiger partial charge is 0.330 e. The van der Waals surface area contributed by atoms with E-state index in [1.165, 1.54) is 0 Å². The molecule has 0 spiro atoms. The molecule has 0 fully saturated rings. The molecular formula is C11H13BrN4. The average Bonchev–Trinajstić information content (AvgIpc) is 2.76. The fourth-order valence-corrected chi connectivity index (χ4v) is 1.68. The Labute approximate surface area is 103 Å². The summed E-state index contributed by atoms with van der Waals surface area (Å²) in [4.78, 5) is 0. The number of nitrogens with zero attached hydrogens (tertiary/aromatic N) is 3. The first-order valence-electron chi connectivity index (χ1n) is 5.17. The van der Waals surface area contributed by atoms with Crippen LogP contribution in [0, 0.1) is 0 Å². The lowest BCUT2D eigenvalue weighted by molar-refractivity contribution is 0.779. The fraction of sp³-hybridized carbons (Fsp3) is 0.273. The zero-order valence-corrected chi connectivity index (χ0v) is 10.4. The second-order valence-corrected chi connectivity index (χ2v) is 4.44. The summed E-state index contributed by atoms with van der Waals surface area (Å²) in [7, 11) is 0. The molecule has 0 unspecified atom stereocenters. The Bertz CT molecular complexity index is 449. The van der Waals surface area contributed by atoms with Crippen molar-refractivity contribution >= 4 is 15.9 Å². The van der Waals surface area contributed by atoms with Crippen LogP contribution in [0.1, 0.15) is 12.1 Å². The summed E-state index contributed by atoms with van der Waals surface area (Å²) in [6.45, 7) is 0.686. The van der Waals surface area contributed by atoms with Gasteiger partial charge in [-0.25, -0.2) is 4.68 Å². The second-order valence-electron chi connectivity index (χ2n) is 3.52. The molecule has 1 aromatic carbocycles. The molecule has 0 saturated heterocycles. The van der Waals surface area contributed by atoms with Gasteiger partial charge in [-0.1, -0.05) is 21.1 Å². The van der Waals surface area contributed by atoms with Crippen LogP contribution in [0.2, 0.25) is 0 Å². The number of rotatable bonds is 4. The van der Waals surface area contributed by atoms with E-state index in [2.05, 4.69) is 26.2 Å². The Hall–Kier alpha value is -1.20. The van der Waals surface area contributed by atoms with Gasteiger partial charge < -0.3 is 5.73 Å². The SMILES string of the molecule is NCCCc1cn(-c2ccc(Br)cc2)nn1. The number of hydrogen-bond acceptors (Lipinski definition) is 3. The van der Waals surface area contributed by atoms with E-state index in [9.17, 15) is 0 Å². The van der Waals surface area contributed by atoms with Crippen molar-refractivity contribution in [2.24, 2.45) is 5.73 Å². The Kier molecular flexibility index (Phi) is 3.69. The number of hydrogen-bond donors (Lipinski definition) is 1. The van der Waals surface area contributed by atoms with Crippen LogP contribution >= 0.6 is 15.9 Å². The topological polar surface area (TPSA) is 56.7 Å². The normalized spacial score (nSPS) is 10.6. The maximum Gasteiger partial charge on any atom is 0.0832 e. The number of nitrogens with two attached hydrogens (primary N) is 1. The van der Waals surface area contributed by atoms with Crippen LogP contribution in [0.5, 0.6) is 0 Å². The molecule has 0 atom stereocenters. The number of benzene rings is 1. The molecule has 84 valence electrons. The smallest absolute Gasteiger partial charge is 0.0832 e. The minimum atomic E-state index is 0.686. The van der Waals surface area contributed by atoms with E-state index >= 15 is 0 Å². The van der Waals surface area contributed by atoms with Gasteiger partial charge in [0.25, 0.3) is 0 Å². The number of aryl methyl sites for hydroxylation is 1. The average molecular weight is 281 g/mol. The minimum absolute atomic E-state index is 0.686. The van der Waals surface area contributed by atoms with Gasteiger partial charge in [0, 0.05) is 4.47 Å². The molecule has 2 N–H and O–H groups in total. The molecule has 0 radical (unpaired) electrons. The first kappa shape index (κ1) is 11.3. The maximum absolute atomic E-state index is 5.45. The van der Waals surface area contributed by atoms with Gasteiger partial charge in [-0.2, -0.15) is 0 Å². The number of aromatic nitrogens is 3. The summed E-state index contributed by atoms with van der Waals surface area (Å²) in [5.74, 6) is 0. The van der Waals surface area contributed by atoms with Crippen LogP contribution in [0.3, 0.4) is 0 Å². The third kappa shape index (κ3) is 2.68. The molecule has 4 nitrogen and oxygen atoms in total. The highest BCUT2D eigenvalue weighted by atomic mass is 79.9. The van der Waals surface area contributed by atoms with Gasteiger partial charge in [-0.15, -0.1) is 5.10 Å². The third-order valence-electron chi connectivity index (χ3n) is 2.27. The van der Waals surface area contributed by atoms with Crippen molar-refractivity contribution in [3.05, 3.63) is 40.6 Å². The van der Waals surface area contributed by atoms with Gasteiger partial charge in [0.2, 0.25) is 0 Å². The molecule has 0 aliphatic rings. The molecule has 0 aliphatic heterocycles. The van der Waals surface area contributed by atoms with Gasteiger partial charge in [-0.3, -0.25) is 0 Å². The summed E-state index contributed by atoms with van der Waals surface area (Å²) in [5, 5.41) is 8.18. The predicted molar refractivity (Wildman–Crippen MR) is 66.4 cm³/mol. The Morgan fingerprint density at radius 2 is 2.00 bits per heavy atom. The summed E-state index contributed by atoms with van der Waals surface area (Å²) < 4.78 is 2.83. The van der Waals surface area contributed by atoms with Crippen LogP contribution in [0.25, 0.3) is 5.69 Å². The predicted octanol–water partition coefficient (Wildman–Crippen LogP) is 1.92. The van der Waals surface area contributed by atoms with Crippen molar-refractivity contribution in [2.75, 3.05) is 6.54 Å². The molecule has 1 aromatic heterocycles. The molecular weight excluding hydrogens is 268 g/mol. The Morgan fingerprint density at radius 1 is 1.25 bits per heavy atom. The van der Waals surface area contributed by atoms with E-state index in [-0.39, 0.29) is 0 Å². The molecule has 1 heterocycles. The molecule has 0 aliphatic carbocycles. The molecule has 2 aromatic rings. The van der Waals surface area contributed by atoms with Gasteiger partial charge in [0.1, 0.15) is 0 Å². The van der Waals surface area contributed by atoms with Crippen LogP contribution in [-0.2, 0) is 6.42 Å². The lowest BCUT2D eigenvalue weighted by Gasteiger charge is -1.98. The standard InChI is InChI=1S/C11H13BrN4/c12-9-3-5-11(6-4-9)16-8-10(14-15-16)2-1-7-13/h3-6,8H,1-2,7,13H2. The van der Waals surface area contributed by atoms with Gasteiger partial charge in [0.15, 0.2) is 0 Å². The van der Waals surface area contributed by atoms with E-state index in [4.69, 9.17) is 5.73 Å². The molecule has 16 heavy (non-hydrogen) atoms. The van der Waals surface area contributed by atoms with Crippen molar-refractivity contribution < 1.29 is 0 Å². The Morgan fingerprint density at radius 3 is 2.69 bits per heavy atom. The summed E-state index contributed by atoms with van der Waals surface area (Å²) in [6, 6.07) is 7.95. The fourth-order valence-electron chi connectivity index (χ4n) is 1.42. The second kappa shape index (κ2) is 5.23. The van der Waals surface area contributed by atoms with Crippen molar-refractivity contribution in [3.8, 4) is 5.69 Å². The zero-order valence-electron chi connectivity index (χ0n) is 8.81. The van der Waals surface area contributed by atoms with Crippen LogP contribution in [0.4, 0.5) is 0 Å². The highest BCUT2D eigenvalue weighted by molar-refractivity contribution is 9.10. The van der Waals surface area contributed by atoms with E-state index in [1.54, 1.807) is 4.68 Å². The maximum atomic E-state index is 5.45. The van der Waals surface area contributed by atoms with Crippen molar-refractivity contribution in [3.63, 3.8) is 0 Å². The molecule has 0 amide bonds. The summed E-state index contributed by atoms with van der Waals surface area (Å²) >= 11 is 3.40. The van der Waals surface area contributed by atoms with Crippen molar-refractivity contribution in [1.29, 1.82) is 0 Å². The number of halogens is 1. The molecule has 2 rings (SSSR count). The van der Waals surface area contributed by atoms with E-state index < -0.39 is 0 Å². The van der Waals surface area contributed by atoms with Gasteiger partial charge in [-0.05, 0) is 43.7 Å². The van der Waals surface area contributed by atoms with Crippen LogP contribution in [0.15, 0.2) is 34.9 Å². The van der Waals surface area contributed by atoms with Crippen molar-refractivity contribution in [2.45, 2.75) is 12.8 Å². The van der Waals surface area contributed by atoms with Crippen molar-refractivity contribution in [1.82, 2.24) is 15.0 Å². The van der Waals surface area contributed by atoms with E-state index in [0.29, 0.717) is 6.54 Å². The quantitative estimate of drug-likeness (QED) is 0.931. The van der Waals surface area contributed by atoms with E-state index in [0.717, 1.165) is 28.7 Å². The molecule has 5 heteroatoms. The zero-order chi connectivity index (χ0) is 11.4. The van der Waals surface area contributed by atoms with Crippen LogP contribution in [-0.4, -0.2) is 21.5 Å². The van der Waals surface area contributed by atoms with E-state index in [1.807, 2.05) is 30.5 Å². The first-order valence-corrected chi connectivity index (χ1v) is 5.96. The third-order valence-corrected chi connectivity index (χ3v) is 2.80.